The van der Waals surface area contributed by atoms with Crippen LogP contribution in [0.2, 0.25) is 0 Å². The molecule has 0 spiro atoms. The van der Waals surface area contributed by atoms with Crippen molar-refractivity contribution < 1.29 is 4.79 Å². The van der Waals surface area contributed by atoms with Gasteiger partial charge in [-0.05, 0) is 50.7 Å². The lowest BCUT2D eigenvalue weighted by molar-refractivity contribution is -0.123. The molecule has 3 heteroatoms. The van der Waals surface area contributed by atoms with Gasteiger partial charge in [0.05, 0.1) is 5.92 Å². The van der Waals surface area contributed by atoms with E-state index >= 15 is 0 Å². The quantitative estimate of drug-likeness (QED) is 0.862. The highest BCUT2D eigenvalue weighted by Gasteiger charge is 2.29. The summed E-state index contributed by atoms with van der Waals surface area (Å²) < 4.78 is 0. The predicted molar refractivity (Wildman–Crippen MR) is 88.6 cm³/mol. The Morgan fingerprint density at radius 1 is 1.29 bits per heavy atom. The Hall–Kier alpha value is -1.51. The molecule has 1 aliphatic rings. The van der Waals surface area contributed by atoms with Gasteiger partial charge in [-0.2, -0.15) is 0 Å². The summed E-state index contributed by atoms with van der Waals surface area (Å²) in [5.41, 5.74) is 2.23. The normalized spacial score (nSPS) is 22.3. The van der Waals surface area contributed by atoms with Crippen molar-refractivity contribution in [2.24, 2.45) is 5.92 Å². The molecule has 3 nitrogen and oxygen atoms in total. The van der Waals surface area contributed by atoms with Crippen LogP contribution in [0.4, 0.5) is 5.69 Å². The second kappa shape index (κ2) is 6.97. The number of para-hydroxylation sites is 1. The summed E-state index contributed by atoms with van der Waals surface area (Å²) in [6.45, 7) is 8.69. The van der Waals surface area contributed by atoms with Gasteiger partial charge in [0.15, 0.2) is 0 Å². The molecule has 1 aromatic rings. The van der Waals surface area contributed by atoms with Crippen LogP contribution in [0.1, 0.15) is 58.4 Å². The van der Waals surface area contributed by atoms with Crippen molar-refractivity contribution in [3.63, 3.8) is 0 Å². The molecule has 1 aliphatic heterocycles. The number of benzene rings is 1. The monoisotopic (exact) mass is 288 g/mol. The molecule has 3 unspecified atom stereocenters. The van der Waals surface area contributed by atoms with E-state index in [2.05, 4.69) is 50.5 Å². The number of nitrogens with one attached hydrogen (secondary N) is 2. The molecular weight excluding hydrogens is 260 g/mol. The number of amides is 1. The minimum atomic E-state index is -0.0288. The largest absolute Gasteiger partial charge is 0.382 e. The summed E-state index contributed by atoms with van der Waals surface area (Å²) >= 11 is 0. The third kappa shape index (κ3) is 4.23. The molecule has 0 fully saturated rings. The maximum atomic E-state index is 12.6. The van der Waals surface area contributed by atoms with E-state index in [4.69, 9.17) is 0 Å². The summed E-state index contributed by atoms with van der Waals surface area (Å²) in [6.07, 6.45) is 3.06. The molecule has 0 saturated heterocycles. The Kier molecular flexibility index (Phi) is 5.27. The van der Waals surface area contributed by atoms with Gasteiger partial charge in [0.25, 0.3) is 0 Å². The third-order valence-corrected chi connectivity index (χ3v) is 4.21. The number of rotatable bonds is 5. The van der Waals surface area contributed by atoms with Crippen LogP contribution in [-0.2, 0) is 4.79 Å². The molecule has 0 radical (unpaired) electrons. The van der Waals surface area contributed by atoms with Crippen LogP contribution < -0.4 is 10.6 Å². The number of anilines is 1. The lowest BCUT2D eigenvalue weighted by atomic mass is 9.86. The van der Waals surface area contributed by atoms with Crippen LogP contribution in [0.5, 0.6) is 0 Å². The molecule has 2 rings (SSSR count). The van der Waals surface area contributed by atoms with E-state index in [0.717, 1.165) is 30.5 Å². The lowest BCUT2D eigenvalue weighted by Gasteiger charge is -2.31. The number of carbonyl (C=O) groups excluding carboxylic acids is 1. The second-order valence-electron chi connectivity index (χ2n) is 6.80. The Labute approximate surface area is 128 Å². The Morgan fingerprint density at radius 2 is 2.00 bits per heavy atom. The van der Waals surface area contributed by atoms with Crippen LogP contribution in [0.3, 0.4) is 0 Å². The molecule has 1 aromatic carbocycles. The summed E-state index contributed by atoms with van der Waals surface area (Å²) in [7, 11) is 0. The minimum Gasteiger partial charge on any atom is -0.382 e. The zero-order chi connectivity index (χ0) is 15.4. The highest BCUT2D eigenvalue weighted by Crippen LogP contribution is 2.34. The third-order valence-electron chi connectivity index (χ3n) is 4.21. The van der Waals surface area contributed by atoms with Crippen LogP contribution >= 0.6 is 0 Å². The van der Waals surface area contributed by atoms with Crippen LogP contribution in [0.15, 0.2) is 24.3 Å². The smallest absolute Gasteiger partial charge is 0.227 e. The van der Waals surface area contributed by atoms with Gasteiger partial charge in [-0.25, -0.2) is 0 Å². The van der Waals surface area contributed by atoms with Crippen molar-refractivity contribution in [2.75, 3.05) is 5.32 Å². The highest BCUT2D eigenvalue weighted by molar-refractivity contribution is 5.86. The number of hydrogen-bond donors (Lipinski definition) is 2. The number of hydrogen-bond acceptors (Lipinski definition) is 2. The van der Waals surface area contributed by atoms with Gasteiger partial charge in [0, 0.05) is 17.8 Å². The fourth-order valence-corrected chi connectivity index (χ4v) is 2.98. The first-order valence-corrected chi connectivity index (χ1v) is 8.13. The van der Waals surface area contributed by atoms with Crippen molar-refractivity contribution in [3.05, 3.63) is 29.8 Å². The molecule has 0 bridgehead atoms. The molecule has 21 heavy (non-hydrogen) atoms. The van der Waals surface area contributed by atoms with Crippen molar-refractivity contribution >= 4 is 11.6 Å². The van der Waals surface area contributed by atoms with Gasteiger partial charge in [0.1, 0.15) is 0 Å². The SMILES string of the molecule is CC(C)CCC(C)NC(=O)C1CC(C)Nc2ccccc21. The van der Waals surface area contributed by atoms with Crippen LogP contribution in [0.25, 0.3) is 0 Å². The molecule has 116 valence electrons. The molecule has 0 saturated carbocycles. The first-order valence-electron chi connectivity index (χ1n) is 8.13. The number of fused-ring (bicyclic) bond motifs is 1. The fourth-order valence-electron chi connectivity index (χ4n) is 2.98. The maximum absolute atomic E-state index is 12.6. The van der Waals surface area contributed by atoms with Crippen molar-refractivity contribution in [3.8, 4) is 0 Å². The van der Waals surface area contributed by atoms with E-state index in [0.29, 0.717) is 12.0 Å². The van der Waals surface area contributed by atoms with Crippen molar-refractivity contribution in [2.45, 2.75) is 65.0 Å². The highest BCUT2D eigenvalue weighted by atomic mass is 16.1. The average Bonchev–Trinajstić information content (AvgIpc) is 2.44. The summed E-state index contributed by atoms with van der Waals surface area (Å²) in [5.74, 6) is 0.829. The predicted octanol–water partition coefficient (Wildman–Crippen LogP) is 3.92. The topological polar surface area (TPSA) is 41.1 Å². The van der Waals surface area contributed by atoms with Crippen molar-refractivity contribution in [1.82, 2.24) is 5.32 Å². The zero-order valence-corrected chi connectivity index (χ0v) is 13.6. The van der Waals surface area contributed by atoms with E-state index in [1.165, 1.54) is 0 Å². The average molecular weight is 288 g/mol. The van der Waals surface area contributed by atoms with E-state index in [-0.39, 0.29) is 17.9 Å². The first kappa shape index (κ1) is 15.9. The van der Waals surface area contributed by atoms with Gasteiger partial charge in [-0.3, -0.25) is 4.79 Å². The molecule has 3 atom stereocenters. The molecule has 0 aromatic heterocycles. The summed E-state index contributed by atoms with van der Waals surface area (Å²) in [6, 6.07) is 8.74. The van der Waals surface area contributed by atoms with E-state index in [9.17, 15) is 4.79 Å². The standard InChI is InChI=1S/C18H28N2O/c1-12(2)9-10-13(3)20-18(21)16-11-14(4)19-17-8-6-5-7-15(16)17/h5-8,12-14,16,19H,9-11H2,1-4H3,(H,20,21). The van der Waals surface area contributed by atoms with Gasteiger partial charge < -0.3 is 10.6 Å². The number of carbonyl (C=O) groups is 1. The Balaban J connectivity index is 2.02. The van der Waals surface area contributed by atoms with Gasteiger partial charge in [-0.15, -0.1) is 0 Å². The fraction of sp³-hybridized carbons (Fsp3) is 0.611. The zero-order valence-electron chi connectivity index (χ0n) is 13.6. The molecule has 0 aliphatic carbocycles. The minimum absolute atomic E-state index is 0.0288. The Bertz CT molecular complexity index is 484. The van der Waals surface area contributed by atoms with E-state index < -0.39 is 0 Å². The molecule has 1 amide bonds. The Morgan fingerprint density at radius 3 is 2.71 bits per heavy atom. The maximum Gasteiger partial charge on any atom is 0.227 e. The van der Waals surface area contributed by atoms with Crippen LogP contribution in [0, 0.1) is 5.92 Å². The van der Waals surface area contributed by atoms with Crippen molar-refractivity contribution in [1.29, 1.82) is 0 Å². The molecule has 2 N–H and O–H groups in total. The summed E-state index contributed by atoms with van der Waals surface area (Å²) in [5, 5.41) is 6.66. The van der Waals surface area contributed by atoms with Gasteiger partial charge in [-0.1, -0.05) is 32.0 Å². The molecular formula is C18H28N2O. The first-order chi connectivity index (χ1) is 9.97. The van der Waals surface area contributed by atoms with E-state index in [1.54, 1.807) is 0 Å². The van der Waals surface area contributed by atoms with Crippen LogP contribution in [-0.4, -0.2) is 18.0 Å². The molecule has 1 heterocycles. The van der Waals surface area contributed by atoms with Gasteiger partial charge in [0.2, 0.25) is 5.91 Å². The summed E-state index contributed by atoms with van der Waals surface area (Å²) in [4.78, 5) is 12.6. The second-order valence-corrected chi connectivity index (χ2v) is 6.80. The van der Waals surface area contributed by atoms with Gasteiger partial charge >= 0.3 is 0 Å². The van der Waals surface area contributed by atoms with E-state index in [1.807, 2.05) is 12.1 Å². The lowest BCUT2D eigenvalue weighted by Crippen LogP contribution is -2.40.